The number of hydrogen-bond donors (Lipinski definition) is 0. The Hall–Kier alpha value is -6.76. The van der Waals surface area contributed by atoms with E-state index in [4.69, 9.17) is 0 Å². The van der Waals surface area contributed by atoms with Gasteiger partial charge < -0.3 is 0 Å². The second-order valence-electron chi connectivity index (χ2n) is 14.0. The summed E-state index contributed by atoms with van der Waals surface area (Å²) >= 11 is 0. The summed E-state index contributed by atoms with van der Waals surface area (Å²) < 4.78 is 0. The molecule has 0 saturated carbocycles. The van der Waals surface area contributed by atoms with Crippen molar-refractivity contribution in [3.63, 3.8) is 0 Å². The third-order valence-corrected chi connectivity index (χ3v) is 11.2. The third kappa shape index (κ3) is 4.41. The van der Waals surface area contributed by atoms with Gasteiger partial charge in [0.25, 0.3) is 0 Å². The van der Waals surface area contributed by atoms with Gasteiger partial charge in [0, 0.05) is 0 Å². The van der Waals surface area contributed by atoms with E-state index in [1.54, 1.807) is 0 Å². The summed E-state index contributed by atoms with van der Waals surface area (Å²) in [6.45, 7) is 0. The normalized spacial score (nSPS) is 11.8. The lowest BCUT2D eigenvalue weighted by molar-refractivity contribution is 1.67. The number of benzene rings is 11. The molecule has 0 aromatic heterocycles. The van der Waals surface area contributed by atoms with Crippen LogP contribution in [-0.2, 0) is 0 Å². The Morgan fingerprint density at radius 1 is 0.173 bits per heavy atom. The average Bonchev–Trinajstić information content (AvgIpc) is 3.22. The van der Waals surface area contributed by atoms with Crippen molar-refractivity contribution in [1.29, 1.82) is 0 Å². The maximum absolute atomic E-state index is 2.46. The molecule has 0 saturated heterocycles. The standard InChI is InChI=1S/C52H32/c1-5-17-40-33(11-1)14-9-21-43(40)49-31-52-47-28-26-37(36-25-27-42-38(29-36)24-23-35-13-3-4-16-39(35)42)30-48(47)50(32-51(52)46-20-8-7-19-45(46)49)44-22-10-15-34-12-2-6-18-41(34)44/h1-32H. The maximum Gasteiger partial charge on any atom is -0.00923 e. The molecule has 0 aliphatic rings. The summed E-state index contributed by atoms with van der Waals surface area (Å²) in [5.41, 5.74) is 7.50. The van der Waals surface area contributed by atoms with E-state index in [1.807, 2.05) is 0 Å². The van der Waals surface area contributed by atoms with Gasteiger partial charge in [-0.2, -0.15) is 0 Å². The first-order valence-corrected chi connectivity index (χ1v) is 18.1. The quantitative estimate of drug-likeness (QED) is 0.166. The van der Waals surface area contributed by atoms with E-state index in [0.717, 1.165) is 0 Å². The Morgan fingerprint density at radius 2 is 0.596 bits per heavy atom. The van der Waals surface area contributed by atoms with Gasteiger partial charge in [0.1, 0.15) is 0 Å². The third-order valence-electron chi connectivity index (χ3n) is 11.2. The molecule has 240 valence electrons. The molecule has 0 fully saturated rings. The largest absolute Gasteiger partial charge is 0.0616 e. The van der Waals surface area contributed by atoms with Crippen LogP contribution in [0.3, 0.4) is 0 Å². The van der Waals surface area contributed by atoms with Crippen LogP contribution >= 0.6 is 0 Å². The van der Waals surface area contributed by atoms with E-state index in [1.165, 1.54) is 109 Å². The predicted molar refractivity (Wildman–Crippen MR) is 225 cm³/mol. The van der Waals surface area contributed by atoms with Crippen LogP contribution in [0.25, 0.3) is 109 Å². The first kappa shape index (κ1) is 29.0. The highest BCUT2D eigenvalue weighted by molar-refractivity contribution is 6.26. The van der Waals surface area contributed by atoms with Crippen molar-refractivity contribution in [2.75, 3.05) is 0 Å². The zero-order valence-electron chi connectivity index (χ0n) is 28.5. The highest BCUT2D eigenvalue weighted by Gasteiger charge is 2.17. The second kappa shape index (κ2) is 11.4. The van der Waals surface area contributed by atoms with Gasteiger partial charge in [-0.1, -0.05) is 170 Å². The fourth-order valence-electron chi connectivity index (χ4n) is 8.74. The monoisotopic (exact) mass is 656 g/mol. The molecule has 0 spiro atoms. The lowest BCUT2D eigenvalue weighted by Gasteiger charge is -2.18. The molecule has 0 radical (unpaired) electrons. The van der Waals surface area contributed by atoms with Crippen LogP contribution in [-0.4, -0.2) is 0 Å². The summed E-state index contributed by atoms with van der Waals surface area (Å²) in [5.74, 6) is 0. The van der Waals surface area contributed by atoms with Gasteiger partial charge in [-0.15, -0.1) is 0 Å². The fraction of sp³-hybridized carbons (Fsp3) is 0. The Kier molecular flexibility index (Phi) is 6.35. The maximum atomic E-state index is 2.46. The van der Waals surface area contributed by atoms with Gasteiger partial charge in [-0.25, -0.2) is 0 Å². The smallest absolute Gasteiger partial charge is 0.00923 e. The number of fused-ring (bicyclic) bond motifs is 10. The van der Waals surface area contributed by atoms with Crippen LogP contribution in [0.1, 0.15) is 0 Å². The molecule has 0 amide bonds. The lowest BCUT2D eigenvalue weighted by atomic mass is 9.85. The molecule has 0 heteroatoms. The van der Waals surface area contributed by atoms with Gasteiger partial charge in [0.15, 0.2) is 0 Å². The van der Waals surface area contributed by atoms with Crippen LogP contribution < -0.4 is 0 Å². The molecule has 52 heavy (non-hydrogen) atoms. The second-order valence-corrected chi connectivity index (χ2v) is 14.0. The van der Waals surface area contributed by atoms with E-state index < -0.39 is 0 Å². The molecule has 0 aliphatic carbocycles. The van der Waals surface area contributed by atoms with Crippen LogP contribution in [0.2, 0.25) is 0 Å². The van der Waals surface area contributed by atoms with Crippen LogP contribution in [0.15, 0.2) is 194 Å². The first-order chi connectivity index (χ1) is 25.8. The zero-order chi connectivity index (χ0) is 34.2. The summed E-state index contributed by atoms with van der Waals surface area (Å²) in [6.07, 6.45) is 0. The van der Waals surface area contributed by atoms with Crippen LogP contribution in [0.4, 0.5) is 0 Å². The number of hydrogen-bond acceptors (Lipinski definition) is 0. The molecular weight excluding hydrogens is 625 g/mol. The summed E-state index contributed by atoms with van der Waals surface area (Å²) in [5, 5.41) is 17.8. The van der Waals surface area contributed by atoms with E-state index >= 15 is 0 Å². The minimum absolute atomic E-state index is 1.22. The predicted octanol–water partition coefficient (Wildman–Crippen LogP) is 14.8. The Morgan fingerprint density at radius 3 is 1.25 bits per heavy atom. The minimum atomic E-state index is 1.22. The molecule has 0 bridgehead atoms. The topological polar surface area (TPSA) is 0 Å². The van der Waals surface area contributed by atoms with Gasteiger partial charge >= 0.3 is 0 Å². The summed E-state index contributed by atoms with van der Waals surface area (Å²) in [7, 11) is 0. The molecule has 0 atom stereocenters. The Labute approximate surface area is 301 Å². The molecule has 0 heterocycles. The number of rotatable bonds is 3. The Balaban J connectivity index is 1.23. The van der Waals surface area contributed by atoms with Crippen LogP contribution in [0.5, 0.6) is 0 Å². The van der Waals surface area contributed by atoms with Crippen molar-refractivity contribution in [2.24, 2.45) is 0 Å². The van der Waals surface area contributed by atoms with Crippen molar-refractivity contribution >= 4 is 75.4 Å². The SMILES string of the molecule is c1ccc2c(-c3cc4c5ccc(-c6ccc7c(ccc8ccccc87)c6)cc5c(-c5cccc6ccccc56)cc4c4ccccc34)cccc2c1. The van der Waals surface area contributed by atoms with Crippen molar-refractivity contribution in [2.45, 2.75) is 0 Å². The highest BCUT2D eigenvalue weighted by Crippen LogP contribution is 2.45. The van der Waals surface area contributed by atoms with Crippen LogP contribution in [0, 0.1) is 0 Å². The van der Waals surface area contributed by atoms with Crippen molar-refractivity contribution in [1.82, 2.24) is 0 Å². The van der Waals surface area contributed by atoms with Gasteiger partial charge in [0.05, 0.1) is 0 Å². The van der Waals surface area contributed by atoms with E-state index in [2.05, 4.69) is 194 Å². The van der Waals surface area contributed by atoms with Crippen molar-refractivity contribution in [3.8, 4) is 33.4 Å². The van der Waals surface area contributed by atoms with E-state index in [0.29, 0.717) is 0 Å². The fourth-order valence-corrected chi connectivity index (χ4v) is 8.74. The first-order valence-electron chi connectivity index (χ1n) is 18.1. The molecule has 0 aliphatic heterocycles. The van der Waals surface area contributed by atoms with Crippen molar-refractivity contribution < 1.29 is 0 Å². The van der Waals surface area contributed by atoms with E-state index in [-0.39, 0.29) is 0 Å². The highest BCUT2D eigenvalue weighted by atomic mass is 14.2. The summed E-state index contributed by atoms with van der Waals surface area (Å²) in [6, 6.07) is 72.0. The molecular formula is C52H32. The lowest BCUT2D eigenvalue weighted by Crippen LogP contribution is -1.91. The molecule has 0 N–H and O–H groups in total. The summed E-state index contributed by atoms with van der Waals surface area (Å²) in [4.78, 5) is 0. The van der Waals surface area contributed by atoms with E-state index in [9.17, 15) is 0 Å². The zero-order valence-corrected chi connectivity index (χ0v) is 28.5. The average molecular weight is 657 g/mol. The molecule has 0 nitrogen and oxygen atoms in total. The molecule has 11 aromatic rings. The van der Waals surface area contributed by atoms with Gasteiger partial charge in [-0.05, 0) is 133 Å². The molecule has 11 aromatic carbocycles. The van der Waals surface area contributed by atoms with Crippen molar-refractivity contribution in [3.05, 3.63) is 194 Å². The van der Waals surface area contributed by atoms with Gasteiger partial charge in [0.2, 0.25) is 0 Å². The van der Waals surface area contributed by atoms with Gasteiger partial charge in [-0.3, -0.25) is 0 Å². The Bertz CT molecular complexity index is 3230. The molecule has 11 rings (SSSR count). The minimum Gasteiger partial charge on any atom is -0.0616 e. The molecule has 0 unspecified atom stereocenters.